The van der Waals surface area contributed by atoms with Gasteiger partial charge in [-0.2, -0.15) is 0 Å². The molecule has 98 valence electrons. The van der Waals surface area contributed by atoms with Crippen molar-refractivity contribution >= 4 is 22.9 Å². The summed E-state index contributed by atoms with van der Waals surface area (Å²) in [5.74, 6) is 0. The molecule has 1 atom stereocenters. The van der Waals surface area contributed by atoms with Gasteiger partial charge in [-0.3, -0.25) is 9.88 Å². The fraction of sp³-hybridized carbons (Fsp3) is 0.538. The Kier molecular flexibility index (Phi) is 4.49. The van der Waals surface area contributed by atoms with E-state index < -0.39 is 0 Å². The van der Waals surface area contributed by atoms with Gasteiger partial charge in [-0.1, -0.05) is 12.2 Å². The van der Waals surface area contributed by atoms with Crippen molar-refractivity contribution < 1.29 is 0 Å². The Morgan fingerprint density at radius 3 is 2.78 bits per heavy atom. The lowest BCUT2D eigenvalue weighted by Gasteiger charge is -2.24. The van der Waals surface area contributed by atoms with Gasteiger partial charge in [0.25, 0.3) is 0 Å². The summed E-state index contributed by atoms with van der Waals surface area (Å²) in [5, 5.41) is 3.40. The van der Waals surface area contributed by atoms with Crippen LogP contribution in [0.3, 0.4) is 0 Å². The SMILES string of the molecule is CC(CNc1ccc(C(N)=S)nc1)N1CCCC1. The second-order valence-corrected chi connectivity index (χ2v) is 5.21. The first kappa shape index (κ1) is 13.2. The summed E-state index contributed by atoms with van der Waals surface area (Å²) >= 11 is 4.87. The van der Waals surface area contributed by atoms with E-state index in [-0.39, 0.29) is 0 Å². The van der Waals surface area contributed by atoms with Crippen LogP contribution in [0.25, 0.3) is 0 Å². The van der Waals surface area contributed by atoms with Crippen molar-refractivity contribution in [3.8, 4) is 0 Å². The van der Waals surface area contributed by atoms with Crippen molar-refractivity contribution in [2.75, 3.05) is 25.0 Å². The molecule has 0 spiro atoms. The van der Waals surface area contributed by atoms with E-state index in [1.165, 1.54) is 25.9 Å². The molecule has 1 aliphatic rings. The topological polar surface area (TPSA) is 54.2 Å². The molecule has 18 heavy (non-hydrogen) atoms. The van der Waals surface area contributed by atoms with E-state index in [1.807, 2.05) is 12.1 Å². The third-order valence-corrected chi connectivity index (χ3v) is 3.59. The Hall–Kier alpha value is -1.20. The van der Waals surface area contributed by atoms with Gasteiger partial charge in [0.2, 0.25) is 0 Å². The number of aromatic nitrogens is 1. The Balaban J connectivity index is 1.84. The number of pyridine rings is 1. The van der Waals surface area contributed by atoms with Gasteiger partial charge < -0.3 is 11.1 Å². The van der Waals surface area contributed by atoms with E-state index in [1.54, 1.807) is 6.20 Å². The standard InChI is InChI=1S/C13H20N4S/c1-10(17-6-2-3-7-17)8-15-11-4-5-12(13(14)18)16-9-11/h4-5,9-10,15H,2-3,6-8H2,1H3,(H2,14,18). The van der Waals surface area contributed by atoms with Crippen LogP contribution in [0.5, 0.6) is 0 Å². The molecule has 0 aromatic carbocycles. The van der Waals surface area contributed by atoms with Crippen LogP contribution in [0.1, 0.15) is 25.5 Å². The molecule has 5 heteroatoms. The number of hydrogen-bond acceptors (Lipinski definition) is 4. The summed E-state index contributed by atoms with van der Waals surface area (Å²) in [6.07, 6.45) is 4.44. The highest BCUT2D eigenvalue weighted by Crippen LogP contribution is 2.12. The predicted molar refractivity (Wildman–Crippen MR) is 78.9 cm³/mol. The zero-order valence-corrected chi connectivity index (χ0v) is 11.5. The van der Waals surface area contributed by atoms with Crippen LogP contribution in [0, 0.1) is 0 Å². The van der Waals surface area contributed by atoms with E-state index in [9.17, 15) is 0 Å². The monoisotopic (exact) mass is 264 g/mol. The molecule has 0 saturated carbocycles. The van der Waals surface area contributed by atoms with Gasteiger partial charge >= 0.3 is 0 Å². The molecule has 4 nitrogen and oxygen atoms in total. The van der Waals surface area contributed by atoms with Gasteiger partial charge in [-0.25, -0.2) is 0 Å². The highest BCUT2D eigenvalue weighted by Gasteiger charge is 2.17. The van der Waals surface area contributed by atoms with Gasteiger partial charge in [-0.15, -0.1) is 0 Å². The smallest absolute Gasteiger partial charge is 0.122 e. The zero-order valence-electron chi connectivity index (χ0n) is 10.7. The normalized spacial score (nSPS) is 17.6. The first-order valence-electron chi connectivity index (χ1n) is 6.40. The van der Waals surface area contributed by atoms with E-state index >= 15 is 0 Å². The van der Waals surface area contributed by atoms with Crippen molar-refractivity contribution in [3.05, 3.63) is 24.0 Å². The summed E-state index contributed by atoms with van der Waals surface area (Å²) < 4.78 is 0. The van der Waals surface area contributed by atoms with Gasteiger partial charge in [0.05, 0.1) is 17.6 Å². The largest absolute Gasteiger partial charge is 0.388 e. The number of nitrogens with two attached hydrogens (primary N) is 1. The van der Waals surface area contributed by atoms with Crippen LogP contribution >= 0.6 is 12.2 Å². The zero-order chi connectivity index (χ0) is 13.0. The molecule has 1 fully saturated rings. The third kappa shape index (κ3) is 3.40. The van der Waals surface area contributed by atoms with Crippen LogP contribution in [-0.2, 0) is 0 Å². The number of hydrogen-bond donors (Lipinski definition) is 2. The number of nitrogens with one attached hydrogen (secondary N) is 1. The predicted octanol–water partition coefficient (Wildman–Crippen LogP) is 1.61. The maximum absolute atomic E-state index is 5.51. The van der Waals surface area contributed by atoms with Crippen molar-refractivity contribution in [1.29, 1.82) is 0 Å². The molecule has 1 saturated heterocycles. The first-order valence-corrected chi connectivity index (χ1v) is 6.81. The van der Waals surface area contributed by atoms with Crippen LogP contribution < -0.4 is 11.1 Å². The lowest BCUT2D eigenvalue weighted by Crippen LogP contribution is -2.35. The van der Waals surface area contributed by atoms with E-state index in [0.717, 1.165) is 12.2 Å². The summed E-state index contributed by atoms with van der Waals surface area (Å²) in [5.41, 5.74) is 7.20. The number of thiocarbonyl (C=S) groups is 1. The molecular weight excluding hydrogens is 244 g/mol. The number of anilines is 1. The first-order chi connectivity index (χ1) is 8.66. The van der Waals surface area contributed by atoms with Gasteiger partial charge in [-0.05, 0) is 45.0 Å². The van der Waals surface area contributed by atoms with Gasteiger partial charge in [0.15, 0.2) is 0 Å². The maximum Gasteiger partial charge on any atom is 0.122 e. The molecule has 1 unspecified atom stereocenters. The Bertz CT molecular complexity index is 398. The van der Waals surface area contributed by atoms with Crippen molar-refractivity contribution in [2.45, 2.75) is 25.8 Å². The Labute approximate surface area is 114 Å². The fourth-order valence-corrected chi connectivity index (χ4v) is 2.34. The number of nitrogens with zero attached hydrogens (tertiary/aromatic N) is 2. The second kappa shape index (κ2) is 6.11. The highest BCUT2D eigenvalue weighted by atomic mass is 32.1. The summed E-state index contributed by atoms with van der Waals surface area (Å²) in [6.45, 7) is 5.65. The summed E-state index contributed by atoms with van der Waals surface area (Å²) in [6, 6.07) is 4.38. The highest BCUT2D eigenvalue weighted by molar-refractivity contribution is 7.80. The summed E-state index contributed by atoms with van der Waals surface area (Å²) in [7, 11) is 0. The van der Waals surface area contributed by atoms with Crippen LogP contribution in [0.15, 0.2) is 18.3 Å². The molecule has 0 amide bonds. The van der Waals surface area contributed by atoms with E-state index in [2.05, 4.69) is 22.1 Å². The minimum Gasteiger partial charge on any atom is -0.388 e. The molecule has 2 rings (SSSR count). The van der Waals surface area contributed by atoms with Crippen LogP contribution in [0.4, 0.5) is 5.69 Å². The number of likely N-dealkylation sites (tertiary alicyclic amines) is 1. The van der Waals surface area contributed by atoms with E-state index in [4.69, 9.17) is 18.0 Å². The molecule has 1 aromatic heterocycles. The Morgan fingerprint density at radius 1 is 1.50 bits per heavy atom. The van der Waals surface area contributed by atoms with Crippen molar-refractivity contribution in [3.63, 3.8) is 0 Å². The fourth-order valence-electron chi connectivity index (χ4n) is 2.22. The molecule has 0 radical (unpaired) electrons. The van der Waals surface area contributed by atoms with Gasteiger partial charge in [0.1, 0.15) is 4.99 Å². The quantitative estimate of drug-likeness (QED) is 0.791. The molecule has 1 aliphatic heterocycles. The van der Waals surface area contributed by atoms with Crippen molar-refractivity contribution in [1.82, 2.24) is 9.88 Å². The van der Waals surface area contributed by atoms with Crippen LogP contribution in [-0.4, -0.2) is 40.5 Å². The average Bonchev–Trinajstić information content (AvgIpc) is 2.90. The summed E-state index contributed by atoms with van der Waals surface area (Å²) in [4.78, 5) is 7.07. The number of rotatable bonds is 5. The molecule has 0 bridgehead atoms. The lowest BCUT2D eigenvalue weighted by molar-refractivity contribution is 0.269. The minimum absolute atomic E-state index is 0.340. The maximum atomic E-state index is 5.51. The molecule has 0 aliphatic carbocycles. The minimum atomic E-state index is 0.340. The molecule has 1 aromatic rings. The second-order valence-electron chi connectivity index (χ2n) is 4.77. The molecular formula is C13H20N4S. The van der Waals surface area contributed by atoms with Gasteiger partial charge in [0, 0.05) is 12.6 Å². The third-order valence-electron chi connectivity index (χ3n) is 3.38. The van der Waals surface area contributed by atoms with Crippen molar-refractivity contribution in [2.24, 2.45) is 5.73 Å². The molecule has 3 N–H and O–H groups in total. The van der Waals surface area contributed by atoms with E-state index in [0.29, 0.717) is 16.7 Å². The van der Waals surface area contributed by atoms with Crippen LogP contribution in [0.2, 0.25) is 0 Å². The average molecular weight is 264 g/mol. The molecule has 2 heterocycles. The lowest BCUT2D eigenvalue weighted by atomic mass is 10.2. The Morgan fingerprint density at radius 2 is 2.22 bits per heavy atom.